The lowest BCUT2D eigenvalue weighted by Gasteiger charge is -1.53. The van der Waals surface area contributed by atoms with Crippen molar-refractivity contribution in [2.75, 3.05) is 5.75 Å². The number of thioether (sulfide) groups is 1. The summed E-state index contributed by atoms with van der Waals surface area (Å²) in [6.07, 6.45) is 0. The topological polar surface area (TPSA) is 4.36 Å². The largest absolute Gasteiger partial charge is 0.301 e. The first-order chi connectivity index (χ1) is 2.43. The molecule has 1 unspecified atom stereocenters. The van der Waals surface area contributed by atoms with Gasteiger partial charge in [-0.1, -0.05) is 11.8 Å². The average Bonchev–Trinajstić information content (AvgIpc) is 2.12. The molecule has 1 rings (SSSR count). The van der Waals surface area contributed by atoms with Crippen LogP contribution in [0.4, 0.5) is 0 Å². The lowest BCUT2D eigenvalue weighted by Crippen LogP contribution is -1.58. The summed E-state index contributed by atoms with van der Waals surface area (Å²) >= 11 is 1.71. The van der Waals surface area contributed by atoms with Crippen LogP contribution in [0.15, 0.2) is 0 Å². The highest BCUT2D eigenvalue weighted by Crippen LogP contribution is 2.30. The van der Waals surface area contributed by atoms with Gasteiger partial charge in [-0.25, -0.2) is 6.57 Å². The Bertz CT molecular complexity index is 69.5. The highest BCUT2D eigenvalue weighted by molar-refractivity contribution is 8.07. The molecule has 0 amide bonds. The molecule has 1 aliphatic rings. The molecule has 2 heteroatoms. The number of rotatable bonds is 0. The Morgan fingerprint density at radius 2 is 2.60 bits per heavy atom. The van der Waals surface area contributed by atoms with Crippen LogP contribution in [0.3, 0.4) is 0 Å². The third-order valence-electron chi connectivity index (χ3n) is 0.460. The molecular weight excluding hydrogens is 82.1 g/mol. The summed E-state index contributed by atoms with van der Waals surface area (Å²) in [4.78, 5) is 3.21. The van der Waals surface area contributed by atoms with Gasteiger partial charge in [0.25, 0.3) is 5.37 Å². The van der Waals surface area contributed by atoms with Crippen LogP contribution < -0.4 is 0 Å². The quantitative estimate of drug-likeness (QED) is 0.313. The minimum Gasteiger partial charge on any atom is -0.301 e. The predicted octanol–water partition coefficient (Wildman–Crippen LogP) is 0.979. The van der Waals surface area contributed by atoms with Crippen molar-refractivity contribution in [2.24, 2.45) is 0 Å². The molecule has 1 heterocycles. The molecule has 0 saturated carbocycles. The summed E-state index contributed by atoms with van der Waals surface area (Å²) in [5, 5.41) is 0.343. The van der Waals surface area contributed by atoms with Crippen molar-refractivity contribution in [3.63, 3.8) is 0 Å². The zero-order valence-corrected chi connectivity index (χ0v) is 3.46. The second kappa shape index (κ2) is 0.908. The van der Waals surface area contributed by atoms with E-state index in [4.69, 9.17) is 6.57 Å². The van der Waals surface area contributed by atoms with Crippen LogP contribution >= 0.6 is 11.8 Å². The predicted molar refractivity (Wildman–Crippen MR) is 22.8 cm³/mol. The molecule has 0 aliphatic carbocycles. The van der Waals surface area contributed by atoms with Crippen LogP contribution in [0.25, 0.3) is 4.85 Å². The summed E-state index contributed by atoms with van der Waals surface area (Å²) in [5.41, 5.74) is 0. The van der Waals surface area contributed by atoms with E-state index in [2.05, 4.69) is 4.85 Å². The van der Waals surface area contributed by atoms with Gasteiger partial charge in [-0.15, -0.1) is 0 Å². The molecule has 0 spiro atoms. The fraction of sp³-hybridized carbons (Fsp3) is 0.667. The Kier molecular flexibility index (Phi) is 0.553. The van der Waals surface area contributed by atoms with E-state index in [-0.39, 0.29) is 0 Å². The molecule has 26 valence electrons. The van der Waals surface area contributed by atoms with E-state index in [1.165, 1.54) is 0 Å². The van der Waals surface area contributed by atoms with E-state index in [9.17, 15) is 0 Å². The Hall–Kier alpha value is -0.160. The van der Waals surface area contributed by atoms with Crippen molar-refractivity contribution in [2.45, 2.75) is 5.37 Å². The molecule has 1 atom stereocenters. The standard InChI is InChI=1S/C3H3NS/c1-4-3-2-5-3/h3H,2H2. The Balaban J connectivity index is 2.30. The van der Waals surface area contributed by atoms with Gasteiger partial charge in [-0.3, -0.25) is 0 Å². The summed E-state index contributed by atoms with van der Waals surface area (Å²) in [5.74, 6) is 1.07. The summed E-state index contributed by atoms with van der Waals surface area (Å²) < 4.78 is 0. The van der Waals surface area contributed by atoms with E-state index in [1.807, 2.05) is 0 Å². The molecule has 1 nitrogen and oxygen atoms in total. The van der Waals surface area contributed by atoms with Crippen molar-refractivity contribution in [1.29, 1.82) is 0 Å². The van der Waals surface area contributed by atoms with Crippen LogP contribution in [-0.2, 0) is 0 Å². The minimum absolute atomic E-state index is 0.343. The Morgan fingerprint density at radius 1 is 2.00 bits per heavy atom. The lowest BCUT2D eigenvalue weighted by atomic mass is 10.8. The highest BCUT2D eigenvalue weighted by atomic mass is 32.2. The maximum atomic E-state index is 6.32. The van der Waals surface area contributed by atoms with Gasteiger partial charge in [-0.2, -0.15) is 0 Å². The average molecular weight is 85.1 g/mol. The van der Waals surface area contributed by atoms with E-state index >= 15 is 0 Å². The molecule has 0 aromatic rings. The molecule has 1 saturated heterocycles. The van der Waals surface area contributed by atoms with Gasteiger partial charge in [0.1, 0.15) is 0 Å². The maximum Gasteiger partial charge on any atom is 0.278 e. The molecule has 0 aromatic heterocycles. The van der Waals surface area contributed by atoms with E-state index in [0.29, 0.717) is 5.37 Å². The van der Waals surface area contributed by atoms with Gasteiger partial charge >= 0.3 is 0 Å². The van der Waals surface area contributed by atoms with Crippen LogP contribution in [0, 0.1) is 6.57 Å². The molecule has 1 fully saturated rings. The summed E-state index contributed by atoms with van der Waals surface area (Å²) in [7, 11) is 0. The lowest BCUT2D eigenvalue weighted by molar-refractivity contribution is 1.41. The third-order valence-corrected chi connectivity index (χ3v) is 1.20. The van der Waals surface area contributed by atoms with Crippen LogP contribution in [0.1, 0.15) is 0 Å². The maximum absolute atomic E-state index is 6.32. The molecular formula is C3H3NS. The van der Waals surface area contributed by atoms with Crippen molar-refractivity contribution >= 4 is 11.8 Å². The first-order valence-corrected chi connectivity index (χ1v) is 2.46. The summed E-state index contributed by atoms with van der Waals surface area (Å²) in [6.45, 7) is 6.32. The molecule has 0 aromatic carbocycles. The number of nitrogens with zero attached hydrogens (tertiary/aromatic N) is 1. The van der Waals surface area contributed by atoms with E-state index < -0.39 is 0 Å². The van der Waals surface area contributed by atoms with Crippen molar-refractivity contribution < 1.29 is 0 Å². The zero-order valence-electron chi connectivity index (χ0n) is 2.64. The molecule has 0 radical (unpaired) electrons. The van der Waals surface area contributed by atoms with Gasteiger partial charge in [-0.05, 0) is 0 Å². The van der Waals surface area contributed by atoms with Crippen LogP contribution in [0.2, 0.25) is 0 Å². The van der Waals surface area contributed by atoms with Gasteiger partial charge in [0, 0.05) is 0 Å². The van der Waals surface area contributed by atoms with Crippen molar-refractivity contribution in [3.05, 3.63) is 11.4 Å². The van der Waals surface area contributed by atoms with Gasteiger partial charge in [0.15, 0.2) is 0 Å². The van der Waals surface area contributed by atoms with Crippen LogP contribution in [-0.4, -0.2) is 11.1 Å². The minimum atomic E-state index is 0.343. The third kappa shape index (κ3) is 0.555. The van der Waals surface area contributed by atoms with Crippen LogP contribution in [0.5, 0.6) is 0 Å². The SMILES string of the molecule is [C-]#[N+]C1CS1. The first-order valence-electron chi connectivity index (χ1n) is 1.41. The normalized spacial score (nSPS) is 32.2. The molecule has 5 heavy (non-hydrogen) atoms. The van der Waals surface area contributed by atoms with Crippen molar-refractivity contribution in [1.82, 2.24) is 0 Å². The van der Waals surface area contributed by atoms with Gasteiger partial charge in [0.2, 0.25) is 0 Å². The first kappa shape index (κ1) is 3.05. The van der Waals surface area contributed by atoms with Gasteiger partial charge < -0.3 is 4.85 Å². The van der Waals surface area contributed by atoms with Gasteiger partial charge in [0.05, 0.1) is 5.75 Å². The number of hydrogen-bond donors (Lipinski definition) is 0. The fourth-order valence-corrected chi connectivity index (χ4v) is 0.353. The Labute approximate surface area is 35.2 Å². The molecule has 0 bridgehead atoms. The molecule has 1 aliphatic heterocycles. The second-order valence-electron chi connectivity index (χ2n) is 0.917. The zero-order chi connectivity index (χ0) is 3.70. The highest BCUT2D eigenvalue weighted by Gasteiger charge is 2.27. The van der Waals surface area contributed by atoms with E-state index in [1.54, 1.807) is 11.8 Å². The molecule has 0 N–H and O–H groups in total. The monoisotopic (exact) mass is 85.0 g/mol. The van der Waals surface area contributed by atoms with Crippen molar-refractivity contribution in [3.8, 4) is 0 Å². The Morgan fingerprint density at radius 3 is 2.60 bits per heavy atom. The number of hydrogen-bond acceptors (Lipinski definition) is 1. The fourth-order valence-electron chi connectivity index (χ4n) is 0.118. The van der Waals surface area contributed by atoms with E-state index in [0.717, 1.165) is 5.75 Å². The summed E-state index contributed by atoms with van der Waals surface area (Å²) in [6, 6.07) is 0. The second-order valence-corrected chi connectivity index (χ2v) is 2.13. The smallest absolute Gasteiger partial charge is 0.278 e.